The highest BCUT2D eigenvalue weighted by molar-refractivity contribution is 8.06. The molecule has 5 nitrogen and oxygen atoms in total. The van der Waals surface area contributed by atoms with E-state index in [0.717, 1.165) is 17.3 Å². The Balaban J connectivity index is 2.05. The zero-order valence-electron chi connectivity index (χ0n) is 10.6. The third kappa shape index (κ3) is 4.15. The van der Waals surface area contributed by atoms with Crippen molar-refractivity contribution in [1.82, 2.24) is 4.72 Å². The Morgan fingerprint density at radius 3 is 2.85 bits per heavy atom. The van der Waals surface area contributed by atoms with Gasteiger partial charge in [-0.2, -0.15) is 23.5 Å². The first-order valence-corrected chi connectivity index (χ1v) is 9.70. The van der Waals surface area contributed by atoms with E-state index in [2.05, 4.69) is 4.72 Å². The topological polar surface area (TPSA) is 83.5 Å². The Hall–Kier alpha value is -0.700. The van der Waals surface area contributed by atoms with Crippen molar-refractivity contribution >= 4 is 39.5 Å². The van der Waals surface area contributed by atoms with Gasteiger partial charge in [-0.25, -0.2) is 17.9 Å². The molecule has 1 unspecified atom stereocenters. The predicted octanol–water partition coefficient (Wildman–Crippen LogP) is 1.51. The average Bonchev–Trinajstić information content (AvgIpc) is 2.46. The van der Waals surface area contributed by atoms with E-state index < -0.39 is 16.0 Å². The molecular formula is C12H15NO4S3. The molecule has 2 N–H and O–H groups in total. The van der Waals surface area contributed by atoms with Crippen LogP contribution < -0.4 is 4.72 Å². The maximum absolute atomic E-state index is 12.1. The van der Waals surface area contributed by atoms with Crippen LogP contribution in [-0.4, -0.2) is 48.5 Å². The normalized spacial score (nSPS) is 19.7. The summed E-state index contributed by atoms with van der Waals surface area (Å²) in [5.74, 6) is 1.93. The lowest BCUT2D eigenvalue weighted by molar-refractivity contribution is 0.0696. The number of benzene rings is 1. The third-order valence-electron chi connectivity index (χ3n) is 2.78. The van der Waals surface area contributed by atoms with Crippen molar-refractivity contribution in [1.29, 1.82) is 0 Å². The minimum Gasteiger partial charge on any atom is -0.478 e. The number of carbonyl (C=O) groups is 1. The minimum absolute atomic E-state index is 0.00846. The van der Waals surface area contributed by atoms with Gasteiger partial charge in [0, 0.05) is 29.1 Å². The van der Waals surface area contributed by atoms with Crippen LogP contribution in [0.15, 0.2) is 29.2 Å². The summed E-state index contributed by atoms with van der Waals surface area (Å²) in [7, 11) is -3.65. The molecule has 0 radical (unpaired) electrons. The molecule has 1 fully saturated rings. The Labute approximate surface area is 126 Å². The Bertz CT molecular complexity index is 582. The fourth-order valence-electron chi connectivity index (χ4n) is 1.74. The van der Waals surface area contributed by atoms with E-state index >= 15 is 0 Å². The fraction of sp³-hybridized carbons (Fsp3) is 0.417. The fourth-order valence-corrected chi connectivity index (χ4v) is 5.58. The van der Waals surface area contributed by atoms with Gasteiger partial charge in [0.05, 0.1) is 10.5 Å². The van der Waals surface area contributed by atoms with Crippen LogP contribution in [0.4, 0.5) is 0 Å². The lowest BCUT2D eigenvalue weighted by atomic mass is 10.2. The summed E-state index contributed by atoms with van der Waals surface area (Å²) in [6.07, 6.45) is 0. The number of thioether (sulfide) groups is 2. The number of rotatable bonds is 5. The Kier molecular flexibility index (Phi) is 5.36. The predicted molar refractivity (Wildman–Crippen MR) is 82.2 cm³/mol. The molecule has 2 rings (SSSR count). The number of aromatic carboxylic acids is 1. The Morgan fingerprint density at radius 1 is 1.40 bits per heavy atom. The molecule has 1 aromatic rings. The second-order valence-electron chi connectivity index (χ2n) is 4.25. The third-order valence-corrected chi connectivity index (χ3v) is 7.04. The van der Waals surface area contributed by atoms with Crippen molar-refractivity contribution in [3.63, 3.8) is 0 Å². The smallest absolute Gasteiger partial charge is 0.335 e. The van der Waals surface area contributed by atoms with Gasteiger partial charge >= 0.3 is 5.97 Å². The van der Waals surface area contributed by atoms with Gasteiger partial charge < -0.3 is 5.11 Å². The number of sulfonamides is 1. The maximum atomic E-state index is 12.1. The van der Waals surface area contributed by atoms with Gasteiger partial charge in [-0.05, 0) is 18.2 Å². The molecule has 1 aromatic carbocycles. The van der Waals surface area contributed by atoms with Gasteiger partial charge in [-0.3, -0.25) is 0 Å². The zero-order valence-corrected chi connectivity index (χ0v) is 13.1. The summed E-state index contributed by atoms with van der Waals surface area (Å²) >= 11 is 3.59. The monoisotopic (exact) mass is 333 g/mol. The van der Waals surface area contributed by atoms with Gasteiger partial charge in [0.1, 0.15) is 0 Å². The van der Waals surface area contributed by atoms with Crippen LogP contribution in [0.3, 0.4) is 0 Å². The lowest BCUT2D eigenvalue weighted by Crippen LogP contribution is -2.33. The first-order valence-electron chi connectivity index (χ1n) is 6.01. The van der Waals surface area contributed by atoms with Crippen molar-refractivity contribution in [3.05, 3.63) is 29.8 Å². The molecule has 1 heterocycles. The van der Waals surface area contributed by atoms with Gasteiger partial charge in [-0.15, -0.1) is 0 Å². The first-order chi connectivity index (χ1) is 9.49. The number of carboxylic acids is 1. The molecular weight excluding hydrogens is 318 g/mol. The van der Waals surface area contributed by atoms with Crippen molar-refractivity contribution in [2.45, 2.75) is 10.1 Å². The summed E-state index contributed by atoms with van der Waals surface area (Å²) in [5, 5.41) is 9.16. The quantitative estimate of drug-likeness (QED) is 0.850. The van der Waals surface area contributed by atoms with E-state index in [0.29, 0.717) is 6.54 Å². The summed E-state index contributed by atoms with van der Waals surface area (Å²) in [4.78, 5) is 10.9. The van der Waals surface area contributed by atoms with Gasteiger partial charge in [-0.1, -0.05) is 6.07 Å². The van der Waals surface area contributed by atoms with E-state index in [9.17, 15) is 13.2 Å². The highest BCUT2D eigenvalue weighted by Crippen LogP contribution is 2.23. The van der Waals surface area contributed by atoms with Crippen LogP contribution in [0.5, 0.6) is 0 Å². The molecule has 0 saturated carbocycles. The molecule has 8 heteroatoms. The summed E-state index contributed by atoms with van der Waals surface area (Å²) in [5.41, 5.74) is -0.0320. The molecule has 0 bridgehead atoms. The maximum Gasteiger partial charge on any atom is 0.335 e. The van der Waals surface area contributed by atoms with Crippen LogP contribution in [0, 0.1) is 0 Å². The van der Waals surface area contributed by atoms with E-state index in [-0.39, 0.29) is 15.7 Å². The second-order valence-corrected chi connectivity index (χ2v) is 8.58. The highest BCUT2D eigenvalue weighted by atomic mass is 32.2. The van der Waals surface area contributed by atoms with Crippen LogP contribution in [0.1, 0.15) is 10.4 Å². The van der Waals surface area contributed by atoms with Crippen molar-refractivity contribution in [2.24, 2.45) is 0 Å². The molecule has 0 aromatic heterocycles. The lowest BCUT2D eigenvalue weighted by Gasteiger charge is -2.21. The van der Waals surface area contributed by atoms with Crippen molar-refractivity contribution < 1.29 is 18.3 Å². The molecule has 0 aliphatic carbocycles. The molecule has 0 spiro atoms. The van der Waals surface area contributed by atoms with E-state index in [4.69, 9.17) is 5.11 Å². The number of hydrogen-bond donors (Lipinski definition) is 2. The minimum atomic E-state index is -3.65. The van der Waals surface area contributed by atoms with E-state index in [1.54, 1.807) is 11.8 Å². The molecule has 20 heavy (non-hydrogen) atoms. The molecule has 1 saturated heterocycles. The second kappa shape index (κ2) is 6.84. The summed E-state index contributed by atoms with van der Waals surface area (Å²) < 4.78 is 26.8. The van der Waals surface area contributed by atoms with Crippen LogP contribution in [0.25, 0.3) is 0 Å². The van der Waals surface area contributed by atoms with Crippen LogP contribution >= 0.6 is 23.5 Å². The molecule has 1 aliphatic heterocycles. The van der Waals surface area contributed by atoms with E-state index in [1.165, 1.54) is 24.3 Å². The number of hydrogen-bond acceptors (Lipinski definition) is 5. The SMILES string of the molecule is O=C(O)c1cccc(S(=O)(=O)NCC2CSCCS2)c1. The molecule has 0 amide bonds. The first kappa shape index (κ1) is 15.7. The molecule has 1 atom stereocenters. The van der Waals surface area contributed by atoms with Crippen molar-refractivity contribution in [3.8, 4) is 0 Å². The van der Waals surface area contributed by atoms with Crippen molar-refractivity contribution in [2.75, 3.05) is 23.8 Å². The van der Waals surface area contributed by atoms with Crippen LogP contribution in [0.2, 0.25) is 0 Å². The van der Waals surface area contributed by atoms with Gasteiger partial charge in [0.2, 0.25) is 10.0 Å². The van der Waals surface area contributed by atoms with Crippen LogP contribution in [-0.2, 0) is 10.0 Å². The largest absolute Gasteiger partial charge is 0.478 e. The number of carboxylic acid groups (broad SMARTS) is 1. The average molecular weight is 333 g/mol. The highest BCUT2D eigenvalue weighted by Gasteiger charge is 2.20. The van der Waals surface area contributed by atoms with Gasteiger partial charge in [0.15, 0.2) is 0 Å². The molecule has 1 aliphatic rings. The molecule has 110 valence electrons. The summed E-state index contributed by atoms with van der Waals surface area (Å²) in [6, 6.07) is 5.38. The van der Waals surface area contributed by atoms with Gasteiger partial charge in [0.25, 0.3) is 0 Å². The standard InChI is InChI=1S/C12H15NO4S3/c14-12(15)9-2-1-3-11(6-9)20(16,17)13-7-10-8-18-4-5-19-10/h1-3,6,10,13H,4-5,7-8H2,(H,14,15). The zero-order chi connectivity index (χ0) is 14.6. The Morgan fingerprint density at radius 2 is 2.20 bits per heavy atom. The summed E-state index contributed by atoms with van der Waals surface area (Å²) in [6.45, 7) is 0.372. The van der Waals surface area contributed by atoms with E-state index in [1.807, 2.05) is 11.8 Å². The number of nitrogens with one attached hydrogen (secondary N) is 1.